The number of anilines is 1. The average Bonchev–Trinajstić information content (AvgIpc) is 2.40. The molecule has 0 radical (unpaired) electrons. The minimum atomic E-state index is -0.841. The number of hydrogen-bond acceptors (Lipinski definition) is 8. The van der Waals surface area contributed by atoms with E-state index in [0.29, 0.717) is 0 Å². The van der Waals surface area contributed by atoms with E-state index >= 15 is 0 Å². The summed E-state index contributed by atoms with van der Waals surface area (Å²) in [5.74, 6) is -1.18. The van der Waals surface area contributed by atoms with Gasteiger partial charge in [0.15, 0.2) is 0 Å². The van der Waals surface area contributed by atoms with Gasteiger partial charge in [-0.15, -0.1) is 0 Å². The van der Waals surface area contributed by atoms with Gasteiger partial charge in [-0.2, -0.15) is 4.98 Å². The summed E-state index contributed by atoms with van der Waals surface area (Å²) in [7, 11) is 0. The number of halogens is 1. The number of benzene rings is 1. The molecule has 108 valence electrons. The third-order valence-corrected chi connectivity index (χ3v) is 2.56. The van der Waals surface area contributed by atoms with Crippen LogP contribution in [0.2, 0.25) is 5.02 Å². The Labute approximate surface area is 121 Å². The van der Waals surface area contributed by atoms with Crippen molar-refractivity contribution in [2.75, 3.05) is 5.73 Å². The predicted molar refractivity (Wildman–Crippen MR) is 71.3 cm³/mol. The Balaban J connectivity index is 2.51. The van der Waals surface area contributed by atoms with E-state index in [1.807, 2.05) is 0 Å². The highest BCUT2D eigenvalue weighted by Crippen LogP contribution is 2.37. The molecule has 1 aromatic carbocycles. The van der Waals surface area contributed by atoms with Gasteiger partial charge < -0.3 is 10.5 Å². The molecule has 0 spiro atoms. The van der Waals surface area contributed by atoms with Gasteiger partial charge in [0.05, 0.1) is 9.85 Å². The first-order chi connectivity index (χ1) is 9.90. The zero-order chi connectivity index (χ0) is 15.6. The molecule has 2 rings (SSSR count). The summed E-state index contributed by atoms with van der Waals surface area (Å²) < 4.78 is 5.13. The molecule has 0 amide bonds. The van der Waals surface area contributed by atoms with E-state index in [0.717, 1.165) is 12.4 Å². The molecular weight excluding hydrogens is 306 g/mol. The zero-order valence-electron chi connectivity index (χ0n) is 10.1. The number of rotatable bonds is 4. The van der Waals surface area contributed by atoms with Crippen LogP contribution in [0, 0.1) is 20.2 Å². The molecule has 10 nitrogen and oxygen atoms in total. The molecule has 0 unspecified atom stereocenters. The number of nitrogen functional groups attached to an aromatic ring is 1. The number of ether oxygens (including phenoxy) is 1. The molecule has 0 saturated heterocycles. The Morgan fingerprint density at radius 1 is 1.19 bits per heavy atom. The maximum Gasteiger partial charge on any atom is 0.372 e. The van der Waals surface area contributed by atoms with Crippen LogP contribution >= 0.6 is 11.6 Å². The highest BCUT2D eigenvalue weighted by Gasteiger charge is 2.26. The fraction of sp³-hybridized carbons (Fsp3) is 0. The van der Waals surface area contributed by atoms with Crippen LogP contribution in [0.4, 0.5) is 17.2 Å². The second kappa shape index (κ2) is 5.54. The van der Waals surface area contributed by atoms with E-state index < -0.39 is 32.9 Å². The van der Waals surface area contributed by atoms with E-state index in [4.69, 9.17) is 22.1 Å². The summed E-state index contributed by atoms with van der Waals surface area (Å²) in [6, 6.07) is 3.58. The van der Waals surface area contributed by atoms with Crippen LogP contribution in [-0.2, 0) is 0 Å². The van der Waals surface area contributed by atoms with Gasteiger partial charge in [0, 0.05) is 11.1 Å². The van der Waals surface area contributed by atoms with Crippen molar-refractivity contribution in [2.24, 2.45) is 0 Å². The van der Waals surface area contributed by atoms with Crippen LogP contribution in [0.25, 0.3) is 0 Å². The van der Waals surface area contributed by atoms with Crippen LogP contribution in [0.3, 0.4) is 0 Å². The van der Waals surface area contributed by atoms with E-state index in [-0.39, 0.29) is 10.8 Å². The fourth-order valence-electron chi connectivity index (χ4n) is 1.45. The predicted octanol–water partition coefficient (Wildman–Crippen LogP) is 2.32. The topological polar surface area (TPSA) is 147 Å². The monoisotopic (exact) mass is 311 g/mol. The van der Waals surface area contributed by atoms with Crippen molar-refractivity contribution in [2.45, 2.75) is 0 Å². The summed E-state index contributed by atoms with van der Waals surface area (Å²) in [6.45, 7) is 0. The summed E-state index contributed by atoms with van der Waals surface area (Å²) in [5.41, 5.74) is 4.23. The molecule has 2 aromatic rings. The van der Waals surface area contributed by atoms with Crippen LogP contribution < -0.4 is 10.5 Å². The first-order valence-electron chi connectivity index (χ1n) is 5.27. The molecule has 0 fully saturated rings. The summed E-state index contributed by atoms with van der Waals surface area (Å²) in [5, 5.41) is 22.0. The lowest BCUT2D eigenvalue weighted by Crippen LogP contribution is -2.03. The van der Waals surface area contributed by atoms with Crippen molar-refractivity contribution >= 4 is 28.8 Å². The van der Waals surface area contributed by atoms with Crippen LogP contribution in [0.1, 0.15) is 0 Å². The van der Waals surface area contributed by atoms with Gasteiger partial charge >= 0.3 is 17.3 Å². The summed E-state index contributed by atoms with van der Waals surface area (Å²) in [4.78, 5) is 27.3. The standard InChI is InChI=1S/C10H6ClN5O5/c11-5-1-2-7(6(3-5)15(17)18)21-10-8(16(19)20)9(12)13-4-14-10/h1-4H,(H2,12,13,14). The first-order valence-corrected chi connectivity index (χ1v) is 5.64. The minimum Gasteiger partial charge on any atom is -0.426 e. The Bertz CT molecular complexity index is 738. The lowest BCUT2D eigenvalue weighted by Gasteiger charge is -2.06. The van der Waals surface area contributed by atoms with Crippen molar-refractivity contribution in [3.63, 3.8) is 0 Å². The summed E-state index contributed by atoms with van der Waals surface area (Å²) >= 11 is 5.66. The number of nitrogens with zero attached hydrogens (tertiary/aromatic N) is 4. The van der Waals surface area contributed by atoms with Gasteiger partial charge in [0.25, 0.3) is 0 Å². The normalized spacial score (nSPS) is 10.1. The minimum absolute atomic E-state index is 0.116. The van der Waals surface area contributed by atoms with Gasteiger partial charge in [0.1, 0.15) is 6.33 Å². The molecule has 2 N–H and O–H groups in total. The number of nitrogens with two attached hydrogens (primary N) is 1. The Kier molecular flexibility index (Phi) is 3.80. The number of nitro benzene ring substituents is 1. The van der Waals surface area contributed by atoms with Crippen molar-refractivity contribution in [3.05, 3.63) is 49.8 Å². The van der Waals surface area contributed by atoms with E-state index in [9.17, 15) is 20.2 Å². The quantitative estimate of drug-likeness (QED) is 0.668. The molecule has 0 bridgehead atoms. The molecule has 1 aromatic heterocycles. The molecule has 1 heterocycles. The Hall–Kier alpha value is -3.01. The molecular formula is C10H6ClN5O5. The maximum atomic E-state index is 10.9. The van der Waals surface area contributed by atoms with Gasteiger partial charge in [-0.3, -0.25) is 20.2 Å². The van der Waals surface area contributed by atoms with E-state index in [1.165, 1.54) is 12.1 Å². The van der Waals surface area contributed by atoms with Crippen molar-refractivity contribution in [1.29, 1.82) is 0 Å². The lowest BCUT2D eigenvalue weighted by atomic mass is 10.3. The molecule has 11 heteroatoms. The first kappa shape index (κ1) is 14.4. The van der Waals surface area contributed by atoms with Crippen LogP contribution in [-0.4, -0.2) is 19.8 Å². The molecule has 0 aliphatic heterocycles. The number of aromatic nitrogens is 2. The third-order valence-electron chi connectivity index (χ3n) is 2.32. The number of nitro groups is 2. The largest absolute Gasteiger partial charge is 0.426 e. The molecule has 0 aliphatic carbocycles. The Morgan fingerprint density at radius 3 is 2.52 bits per heavy atom. The Morgan fingerprint density at radius 2 is 1.90 bits per heavy atom. The average molecular weight is 312 g/mol. The van der Waals surface area contributed by atoms with Crippen molar-refractivity contribution < 1.29 is 14.6 Å². The third kappa shape index (κ3) is 2.95. The molecule has 0 atom stereocenters. The van der Waals surface area contributed by atoms with Crippen LogP contribution in [0.15, 0.2) is 24.5 Å². The smallest absolute Gasteiger partial charge is 0.372 e. The lowest BCUT2D eigenvalue weighted by molar-refractivity contribution is -0.387. The van der Waals surface area contributed by atoms with Crippen LogP contribution in [0.5, 0.6) is 11.6 Å². The number of hydrogen-bond donors (Lipinski definition) is 1. The fourth-order valence-corrected chi connectivity index (χ4v) is 1.61. The van der Waals surface area contributed by atoms with Gasteiger partial charge in [-0.25, -0.2) is 4.98 Å². The van der Waals surface area contributed by atoms with Crippen molar-refractivity contribution in [3.8, 4) is 11.6 Å². The highest BCUT2D eigenvalue weighted by molar-refractivity contribution is 6.30. The highest BCUT2D eigenvalue weighted by atomic mass is 35.5. The van der Waals surface area contributed by atoms with Gasteiger partial charge in [0.2, 0.25) is 11.6 Å². The summed E-state index contributed by atoms with van der Waals surface area (Å²) in [6.07, 6.45) is 0.944. The second-order valence-corrected chi connectivity index (χ2v) is 4.08. The molecule has 21 heavy (non-hydrogen) atoms. The van der Waals surface area contributed by atoms with E-state index in [1.54, 1.807) is 0 Å². The van der Waals surface area contributed by atoms with Gasteiger partial charge in [-0.1, -0.05) is 11.6 Å². The zero-order valence-corrected chi connectivity index (χ0v) is 10.9. The SMILES string of the molecule is Nc1ncnc(Oc2ccc(Cl)cc2[N+](=O)[O-])c1[N+](=O)[O-]. The molecule has 0 aliphatic rings. The second-order valence-electron chi connectivity index (χ2n) is 3.64. The van der Waals surface area contributed by atoms with Crippen molar-refractivity contribution in [1.82, 2.24) is 9.97 Å². The van der Waals surface area contributed by atoms with E-state index in [2.05, 4.69) is 9.97 Å². The maximum absolute atomic E-state index is 10.9. The van der Waals surface area contributed by atoms with Gasteiger partial charge in [-0.05, 0) is 12.1 Å². The molecule has 0 saturated carbocycles.